The van der Waals surface area contributed by atoms with Gasteiger partial charge in [-0.2, -0.15) is 5.26 Å². The van der Waals surface area contributed by atoms with Gasteiger partial charge in [-0.15, -0.1) is 0 Å². The quantitative estimate of drug-likeness (QED) is 0.827. The Morgan fingerprint density at radius 3 is 2.45 bits per heavy atom. The van der Waals surface area contributed by atoms with Crippen LogP contribution in [0, 0.1) is 23.0 Å². The Morgan fingerprint density at radius 2 is 1.95 bits per heavy atom. The van der Waals surface area contributed by atoms with Crippen molar-refractivity contribution >= 4 is 5.91 Å². The standard InChI is InChI=1S/C14H15F2N3O/c1-10(20)18-4-6-19(7-5-18)14(9-17)12-3-2-11(15)8-13(12)16/h2-3,8,14H,4-7H2,1H3. The minimum Gasteiger partial charge on any atom is -0.340 e. The van der Waals surface area contributed by atoms with E-state index in [1.807, 2.05) is 0 Å². The lowest BCUT2D eigenvalue weighted by Gasteiger charge is -2.36. The molecule has 1 aromatic rings. The van der Waals surface area contributed by atoms with Crippen LogP contribution in [0.1, 0.15) is 18.5 Å². The molecule has 1 saturated heterocycles. The topological polar surface area (TPSA) is 47.3 Å². The van der Waals surface area contributed by atoms with Gasteiger partial charge in [0.25, 0.3) is 0 Å². The normalized spacial score (nSPS) is 17.6. The third-order valence-electron chi connectivity index (χ3n) is 3.50. The third-order valence-corrected chi connectivity index (χ3v) is 3.50. The number of benzene rings is 1. The maximum Gasteiger partial charge on any atom is 0.219 e. The lowest BCUT2D eigenvalue weighted by molar-refractivity contribution is -0.130. The number of carbonyl (C=O) groups is 1. The molecule has 0 radical (unpaired) electrons. The van der Waals surface area contributed by atoms with Crippen LogP contribution in [0.15, 0.2) is 18.2 Å². The summed E-state index contributed by atoms with van der Waals surface area (Å²) in [6, 6.07) is 4.53. The molecule has 0 saturated carbocycles. The molecule has 1 unspecified atom stereocenters. The molecule has 106 valence electrons. The van der Waals surface area contributed by atoms with Crippen molar-refractivity contribution in [2.45, 2.75) is 13.0 Å². The van der Waals surface area contributed by atoms with E-state index in [9.17, 15) is 18.8 Å². The van der Waals surface area contributed by atoms with E-state index >= 15 is 0 Å². The van der Waals surface area contributed by atoms with Crippen molar-refractivity contribution < 1.29 is 13.6 Å². The molecule has 1 fully saturated rings. The molecule has 4 nitrogen and oxygen atoms in total. The van der Waals surface area contributed by atoms with Gasteiger partial charge in [-0.25, -0.2) is 8.78 Å². The molecular weight excluding hydrogens is 264 g/mol. The van der Waals surface area contributed by atoms with Gasteiger partial charge < -0.3 is 4.90 Å². The molecule has 0 aliphatic carbocycles. The van der Waals surface area contributed by atoms with Crippen LogP contribution in [-0.4, -0.2) is 41.9 Å². The first kappa shape index (κ1) is 14.4. The van der Waals surface area contributed by atoms with Crippen LogP contribution in [-0.2, 0) is 4.79 Å². The Labute approximate surface area is 116 Å². The number of halogens is 2. The van der Waals surface area contributed by atoms with Gasteiger partial charge in [0.1, 0.15) is 17.7 Å². The highest BCUT2D eigenvalue weighted by atomic mass is 19.1. The fraction of sp³-hybridized carbons (Fsp3) is 0.429. The second-order valence-corrected chi connectivity index (χ2v) is 4.74. The van der Waals surface area contributed by atoms with Crippen molar-refractivity contribution in [2.75, 3.05) is 26.2 Å². The van der Waals surface area contributed by atoms with Gasteiger partial charge in [0, 0.05) is 44.7 Å². The van der Waals surface area contributed by atoms with E-state index in [0.29, 0.717) is 26.2 Å². The number of hydrogen-bond acceptors (Lipinski definition) is 3. The van der Waals surface area contributed by atoms with E-state index in [1.54, 1.807) is 9.80 Å². The second kappa shape index (κ2) is 5.97. The Kier molecular flexibility index (Phi) is 4.30. The van der Waals surface area contributed by atoms with E-state index < -0.39 is 17.7 Å². The van der Waals surface area contributed by atoms with Crippen LogP contribution in [0.3, 0.4) is 0 Å². The van der Waals surface area contributed by atoms with Crippen LogP contribution in [0.2, 0.25) is 0 Å². The highest BCUT2D eigenvalue weighted by Crippen LogP contribution is 2.24. The van der Waals surface area contributed by atoms with E-state index in [4.69, 9.17) is 0 Å². The monoisotopic (exact) mass is 279 g/mol. The number of hydrogen-bond donors (Lipinski definition) is 0. The zero-order chi connectivity index (χ0) is 14.7. The van der Waals surface area contributed by atoms with Crippen molar-refractivity contribution in [2.24, 2.45) is 0 Å². The van der Waals surface area contributed by atoms with Crippen LogP contribution < -0.4 is 0 Å². The number of carbonyl (C=O) groups excluding carboxylic acids is 1. The third kappa shape index (κ3) is 2.94. The van der Waals surface area contributed by atoms with Crippen LogP contribution >= 0.6 is 0 Å². The summed E-state index contributed by atoms with van der Waals surface area (Å²) >= 11 is 0. The highest BCUT2D eigenvalue weighted by Gasteiger charge is 2.27. The molecule has 0 bridgehead atoms. The lowest BCUT2D eigenvalue weighted by Crippen LogP contribution is -2.49. The minimum atomic E-state index is -0.760. The smallest absolute Gasteiger partial charge is 0.219 e. The van der Waals surface area contributed by atoms with Crippen molar-refractivity contribution in [1.29, 1.82) is 5.26 Å². The summed E-state index contributed by atoms with van der Waals surface area (Å²) in [7, 11) is 0. The lowest BCUT2D eigenvalue weighted by atomic mass is 10.0. The number of nitriles is 1. The summed E-state index contributed by atoms with van der Waals surface area (Å²) in [5, 5.41) is 9.27. The summed E-state index contributed by atoms with van der Waals surface area (Å²) in [4.78, 5) is 14.7. The first-order chi connectivity index (χ1) is 9.52. The Bertz CT molecular complexity index is 548. The largest absolute Gasteiger partial charge is 0.340 e. The van der Waals surface area contributed by atoms with E-state index in [1.165, 1.54) is 13.0 Å². The first-order valence-corrected chi connectivity index (χ1v) is 6.37. The molecule has 1 heterocycles. The maximum absolute atomic E-state index is 13.8. The summed E-state index contributed by atoms with van der Waals surface area (Å²) < 4.78 is 26.7. The molecule has 6 heteroatoms. The molecule has 1 aliphatic heterocycles. The number of rotatable bonds is 2. The molecule has 1 amide bonds. The molecule has 1 aromatic carbocycles. The van der Waals surface area contributed by atoms with Gasteiger partial charge in [-0.05, 0) is 6.07 Å². The molecule has 1 aliphatic rings. The molecule has 0 aromatic heterocycles. The van der Waals surface area contributed by atoms with Crippen molar-refractivity contribution in [1.82, 2.24) is 9.80 Å². The SMILES string of the molecule is CC(=O)N1CCN(C(C#N)c2ccc(F)cc2F)CC1. The van der Waals surface area contributed by atoms with Crippen molar-refractivity contribution in [3.63, 3.8) is 0 Å². The summed E-state index contributed by atoms with van der Waals surface area (Å²) in [6.45, 7) is 3.51. The summed E-state index contributed by atoms with van der Waals surface area (Å²) in [6.07, 6.45) is 0. The Hall–Kier alpha value is -2.00. The number of piperazine rings is 1. The summed E-state index contributed by atoms with van der Waals surface area (Å²) in [5.41, 5.74) is 0.171. The van der Waals surface area contributed by atoms with Gasteiger partial charge in [0.05, 0.1) is 6.07 Å². The zero-order valence-corrected chi connectivity index (χ0v) is 11.1. The van der Waals surface area contributed by atoms with Crippen molar-refractivity contribution in [3.8, 4) is 6.07 Å². The Balaban J connectivity index is 2.14. The average Bonchev–Trinajstić information content (AvgIpc) is 2.42. The summed E-state index contributed by atoms with van der Waals surface area (Å²) in [5.74, 6) is -1.39. The van der Waals surface area contributed by atoms with E-state index in [2.05, 4.69) is 6.07 Å². The van der Waals surface area contributed by atoms with Crippen LogP contribution in [0.4, 0.5) is 8.78 Å². The minimum absolute atomic E-state index is 0.00822. The number of amides is 1. The molecule has 0 N–H and O–H groups in total. The fourth-order valence-corrected chi connectivity index (χ4v) is 2.37. The second-order valence-electron chi connectivity index (χ2n) is 4.74. The van der Waals surface area contributed by atoms with Gasteiger partial charge in [0.15, 0.2) is 0 Å². The highest BCUT2D eigenvalue weighted by molar-refractivity contribution is 5.73. The first-order valence-electron chi connectivity index (χ1n) is 6.37. The van der Waals surface area contributed by atoms with Crippen LogP contribution in [0.5, 0.6) is 0 Å². The fourth-order valence-electron chi connectivity index (χ4n) is 2.37. The van der Waals surface area contributed by atoms with E-state index in [-0.39, 0.29) is 11.5 Å². The molecule has 20 heavy (non-hydrogen) atoms. The van der Waals surface area contributed by atoms with Crippen molar-refractivity contribution in [3.05, 3.63) is 35.4 Å². The van der Waals surface area contributed by atoms with Crippen LogP contribution in [0.25, 0.3) is 0 Å². The Morgan fingerprint density at radius 1 is 1.30 bits per heavy atom. The van der Waals surface area contributed by atoms with Gasteiger partial charge in [-0.3, -0.25) is 9.69 Å². The van der Waals surface area contributed by atoms with Gasteiger partial charge >= 0.3 is 0 Å². The number of nitrogens with zero attached hydrogens (tertiary/aromatic N) is 3. The van der Waals surface area contributed by atoms with E-state index in [0.717, 1.165) is 12.1 Å². The maximum atomic E-state index is 13.8. The molecule has 0 spiro atoms. The molecule has 2 rings (SSSR count). The predicted molar refractivity (Wildman–Crippen MR) is 68.5 cm³/mol. The van der Waals surface area contributed by atoms with Gasteiger partial charge in [0.2, 0.25) is 5.91 Å². The zero-order valence-electron chi connectivity index (χ0n) is 11.1. The van der Waals surface area contributed by atoms with Gasteiger partial charge in [-0.1, -0.05) is 6.07 Å². The average molecular weight is 279 g/mol. The molecular formula is C14H15F2N3O. The predicted octanol–water partition coefficient (Wildman–Crippen LogP) is 1.69. The molecule has 1 atom stereocenters.